The first-order valence-corrected chi connectivity index (χ1v) is 18.0. The van der Waals surface area contributed by atoms with Gasteiger partial charge in [-0.1, -0.05) is 85.8 Å². The fourth-order valence-corrected chi connectivity index (χ4v) is 6.20. The van der Waals surface area contributed by atoms with E-state index >= 15 is 0 Å². The Morgan fingerprint density at radius 3 is 2.35 bits per heavy atom. The number of aromatic amines is 1. The van der Waals surface area contributed by atoms with Crippen LogP contribution in [0.1, 0.15) is 86.5 Å². The lowest BCUT2D eigenvalue weighted by atomic mass is 9.98. The van der Waals surface area contributed by atoms with Crippen LogP contribution in [0.25, 0.3) is 22.5 Å². The van der Waals surface area contributed by atoms with Crippen LogP contribution in [-0.4, -0.2) is 71.0 Å². The Balaban J connectivity index is 1.40. The molecule has 0 bridgehead atoms. The third-order valence-electron chi connectivity index (χ3n) is 8.82. The summed E-state index contributed by atoms with van der Waals surface area (Å²) < 4.78 is 7.42. The first-order chi connectivity index (χ1) is 25.9. The number of amides is 1. The number of aromatic nitrogens is 6. The Bertz CT molecular complexity index is 1990. The van der Waals surface area contributed by atoms with Crippen LogP contribution in [0.3, 0.4) is 0 Å². The van der Waals surface area contributed by atoms with E-state index in [0.29, 0.717) is 37.3 Å². The van der Waals surface area contributed by atoms with Crippen molar-refractivity contribution < 1.29 is 29.4 Å². The first kappa shape index (κ1) is 39.3. The molecule has 0 radical (unpaired) electrons. The molecule has 5 rings (SSSR count). The number of H-pyrrole nitrogens is 1. The average Bonchev–Trinajstić information content (AvgIpc) is 3.81. The van der Waals surface area contributed by atoms with E-state index in [-0.39, 0.29) is 31.0 Å². The number of esters is 1. The molecule has 2 heterocycles. The van der Waals surface area contributed by atoms with Gasteiger partial charge in [-0.15, -0.1) is 20.3 Å². The van der Waals surface area contributed by atoms with Gasteiger partial charge in [-0.2, -0.15) is 5.21 Å². The van der Waals surface area contributed by atoms with Crippen LogP contribution in [0.2, 0.25) is 0 Å². The second-order valence-corrected chi connectivity index (χ2v) is 13.6. The van der Waals surface area contributed by atoms with E-state index in [1.165, 1.54) is 0 Å². The van der Waals surface area contributed by atoms with Crippen LogP contribution in [0, 0.1) is 10.1 Å². The van der Waals surface area contributed by atoms with E-state index in [2.05, 4.69) is 30.8 Å². The number of carbonyl (C=O) groups excluding carboxylic acids is 2. The molecule has 3 aromatic carbocycles. The summed E-state index contributed by atoms with van der Waals surface area (Å²) in [6.45, 7) is 7.12. The van der Waals surface area contributed by atoms with Crippen molar-refractivity contribution >= 4 is 11.9 Å². The lowest BCUT2D eigenvalue weighted by Gasteiger charge is -2.22. The highest BCUT2D eigenvalue weighted by molar-refractivity contribution is 5.97. The molecule has 2 aromatic heterocycles. The van der Waals surface area contributed by atoms with Gasteiger partial charge in [0.1, 0.15) is 35.0 Å². The van der Waals surface area contributed by atoms with Crippen LogP contribution in [0.15, 0.2) is 78.9 Å². The molecule has 15 heteroatoms. The maximum atomic E-state index is 14.4. The molecule has 1 amide bonds. The Hall–Kier alpha value is -5.96. The van der Waals surface area contributed by atoms with Crippen molar-refractivity contribution in [3.05, 3.63) is 117 Å². The molecule has 0 aliphatic heterocycles. The summed E-state index contributed by atoms with van der Waals surface area (Å²) in [7, 11) is 0. The smallest absolute Gasteiger partial charge is 0.328 e. The van der Waals surface area contributed by atoms with E-state index in [1.54, 1.807) is 20.8 Å². The van der Waals surface area contributed by atoms with Crippen LogP contribution in [-0.2, 0) is 39.4 Å². The number of unbranched alkanes of at least 4 members (excludes halogenated alkanes) is 1. The van der Waals surface area contributed by atoms with Crippen molar-refractivity contribution in [3.8, 4) is 22.5 Å². The normalized spacial score (nSPS) is 12.5. The molecule has 54 heavy (non-hydrogen) atoms. The summed E-state index contributed by atoms with van der Waals surface area (Å²) in [6.07, 6.45) is 2.30. The van der Waals surface area contributed by atoms with Gasteiger partial charge >= 0.3 is 5.97 Å². The number of rotatable bonds is 19. The maximum Gasteiger partial charge on any atom is 0.328 e. The molecule has 0 fully saturated rings. The van der Waals surface area contributed by atoms with Crippen molar-refractivity contribution in [2.45, 2.75) is 90.5 Å². The quantitative estimate of drug-likeness (QED) is 0.0412. The number of nitrogens with zero attached hydrogens (tertiary/aromatic N) is 6. The fraction of sp³-hybridized carbons (Fsp3) is 0.385. The van der Waals surface area contributed by atoms with Crippen molar-refractivity contribution in [2.75, 3.05) is 6.61 Å². The lowest BCUT2D eigenvalue weighted by molar-refractivity contribution is -0.767. The molecule has 0 saturated heterocycles. The SMILES string of the molecule is CCCc1nc(C(C)(C)O)c(C(=O)NC(Cc2ccccc2)C(=O)OCCCCC(C)O[N+](=O)[O-])n1Cc1ccc(-c2ccccc2-c2nn[nH]n2)cc1. The van der Waals surface area contributed by atoms with Crippen LogP contribution in [0.4, 0.5) is 0 Å². The number of hydrogen-bond acceptors (Lipinski definition) is 11. The van der Waals surface area contributed by atoms with Gasteiger partial charge in [0.25, 0.3) is 11.0 Å². The zero-order chi connectivity index (χ0) is 38.7. The highest BCUT2D eigenvalue weighted by Gasteiger charge is 2.34. The summed E-state index contributed by atoms with van der Waals surface area (Å²) in [5.41, 5.74) is 3.28. The predicted octanol–water partition coefficient (Wildman–Crippen LogP) is 5.61. The second-order valence-electron chi connectivity index (χ2n) is 13.6. The Kier molecular flexibility index (Phi) is 13.2. The number of tetrazole rings is 1. The monoisotopic (exact) mass is 738 g/mol. The van der Waals surface area contributed by atoms with E-state index in [0.717, 1.165) is 34.2 Å². The van der Waals surface area contributed by atoms with Crippen LogP contribution in [0.5, 0.6) is 0 Å². The summed E-state index contributed by atoms with van der Waals surface area (Å²) in [5.74, 6) is -0.0836. The number of carbonyl (C=O) groups is 2. The van der Waals surface area contributed by atoms with E-state index in [1.807, 2.05) is 90.4 Å². The second kappa shape index (κ2) is 18.2. The van der Waals surface area contributed by atoms with Gasteiger partial charge in [-0.05, 0) is 73.9 Å². The molecule has 0 aliphatic carbocycles. The third-order valence-corrected chi connectivity index (χ3v) is 8.82. The minimum Gasteiger partial charge on any atom is -0.464 e. The Morgan fingerprint density at radius 1 is 1.00 bits per heavy atom. The van der Waals surface area contributed by atoms with Gasteiger partial charge in [-0.3, -0.25) is 4.79 Å². The summed E-state index contributed by atoms with van der Waals surface area (Å²) >= 11 is 0. The standard InChI is InChI=1S/C39H46N8O7/c1-5-13-33-41-35(39(3,4)50)34(46(33)25-28-19-21-29(22-20-28)30-17-9-10-18-31(30)36-42-44-45-43-36)37(48)40-32(24-27-15-7-6-8-16-27)38(49)53-23-12-11-14-26(2)54-47(51)52/h6-10,15-22,26,32,50H,5,11-14,23-25H2,1-4H3,(H,40,48)(H,42,43,44,45). The number of aliphatic hydroxyl groups is 1. The van der Waals surface area contributed by atoms with Crippen LogP contribution >= 0.6 is 0 Å². The predicted molar refractivity (Wildman–Crippen MR) is 199 cm³/mol. The topological polar surface area (TPSA) is 200 Å². The van der Waals surface area contributed by atoms with Crippen molar-refractivity contribution in [2.24, 2.45) is 0 Å². The number of imidazole rings is 1. The zero-order valence-electron chi connectivity index (χ0n) is 30.9. The number of nitrogens with one attached hydrogen (secondary N) is 2. The summed E-state index contributed by atoms with van der Waals surface area (Å²) in [5, 5.41) is 38.4. The van der Waals surface area contributed by atoms with Gasteiger partial charge in [0.2, 0.25) is 5.82 Å². The molecule has 0 saturated carbocycles. The Morgan fingerprint density at radius 2 is 1.70 bits per heavy atom. The summed E-state index contributed by atoms with van der Waals surface area (Å²) in [4.78, 5) is 47.8. The van der Waals surface area contributed by atoms with E-state index in [4.69, 9.17) is 9.72 Å². The van der Waals surface area contributed by atoms with Crippen LogP contribution < -0.4 is 5.32 Å². The number of hydrogen-bond donors (Lipinski definition) is 3. The van der Waals surface area contributed by atoms with Gasteiger partial charge < -0.3 is 24.6 Å². The number of ether oxygens (including phenoxy) is 1. The van der Waals surface area contributed by atoms with E-state index < -0.39 is 34.7 Å². The zero-order valence-corrected chi connectivity index (χ0v) is 30.9. The van der Waals surface area contributed by atoms with Gasteiger partial charge in [0.15, 0.2) is 0 Å². The van der Waals surface area contributed by atoms with Gasteiger partial charge in [0, 0.05) is 24.9 Å². The van der Waals surface area contributed by atoms with Gasteiger partial charge in [0.05, 0.1) is 6.61 Å². The molecule has 2 atom stereocenters. The van der Waals surface area contributed by atoms with Crippen molar-refractivity contribution in [3.63, 3.8) is 0 Å². The molecule has 2 unspecified atom stereocenters. The average molecular weight is 739 g/mol. The molecule has 0 spiro atoms. The Labute approximate surface area is 313 Å². The summed E-state index contributed by atoms with van der Waals surface area (Å²) in [6, 6.07) is 23.9. The molecule has 284 valence electrons. The van der Waals surface area contributed by atoms with Crippen molar-refractivity contribution in [1.29, 1.82) is 0 Å². The lowest BCUT2D eigenvalue weighted by Crippen LogP contribution is -2.45. The minimum atomic E-state index is -1.48. The molecular weight excluding hydrogens is 692 g/mol. The molecule has 5 aromatic rings. The number of aryl methyl sites for hydroxylation is 1. The minimum absolute atomic E-state index is 0.0637. The third kappa shape index (κ3) is 10.3. The number of benzene rings is 3. The van der Waals surface area contributed by atoms with Crippen molar-refractivity contribution in [1.82, 2.24) is 35.5 Å². The highest BCUT2D eigenvalue weighted by atomic mass is 17.0. The highest BCUT2D eigenvalue weighted by Crippen LogP contribution is 2.31. The molecule has 3 N–H and O–H groups in total. The molecule has 15 nitrogen and oxygen atoms in total. The van der Waals surface area contributed by atoms with Gasteiger partial charge in [-0.25, -0.2) is 9.78 Å². The largest absolute Gasteiger partial charge is 0.464 e. The molecular formula is C39H46N8O7. The first-order valence-electron chi connectivity index (χ1n) is 18.0. The maximum absolute atomic E-state index is 14.4. The molecule has 0 aliphatic rings. The van der Waals surface area contributed by atoms with E-state index in [9.17, 15) is 24.8 Å². The fourth-order valence-electron chi connectivity index (χ4n) is 6.20.